The Hall–Kier alpha value is -15.0. The van der Waals surface area contributed by atoms with Gasteiger partial charge in [0, 0.05) is 156 Å². The van der Waals surface area contributed by atoms with Crippen LogP contribution in [0.1, 0.15) is 0 Å². The molecular weight excluding hydrogens is 1710 g/mol. The molecule has 0 radical (unpaired) electrons. The second-order valence-corrected chi connectivity index (χ2v) is 29.7. The van der Waals surface area contributed by atoms with Gasteiger partial charge in [0.1, 0.15) is 56.3 Å². The van der Waals surface area contributed by atoms with Crippen molar-refractivity contribution in [2.75, 3.05) is 16.0 Å². The molecule has 23 rings (SSSR count). The van der Waals surface area contributed by atoms with Crippen LogP contribution in [0.5, 0.6) is 34.9 Å². The predicted octanol–water partition coefficient (Wildman–Crippen LogP) is 27.9. The highest BCUT2D eigenvalue weighted by molar-refractivity contribution is 14.1. The Balaban J connectivity index is 0.000000108. The van der Waals surface area contributed by atoms with Crippen molar-refractivity contribution in [3.05, 3.63) is 391 Å². The molecule has 574 valence electrons. The lowest BCUT2D eigenvalue weighted by molar-refractivity contribution is 0.463. The van der Waals surface area contributed by atoms with Gasteiger partial charge in [-0.1, -0.05) is 164 Å². The van der Waals surface area contributed by atoms with Crippen molar-refractivity contribution < 1.29 is 36.3 Å². The van der Waals surface area contributed by atoms with Crippen LogP contribution >= 0.6 is 45.2 Å². The van der Waals surface area contributed by atoms with E-state index in [-0.39, 0.29) is 0 Å². The third-order valence-corrected chi connectivity index (χ3v) is 21.3. The number of hydrogen-bond acceptors (Lipinski definition) is 16. The fourth-order valence-corrected chi connectivity index (χ4v) is 15.8. The second kappa shape index (κ2) is 33.4. The van der Waals surface area contributed by atoms with Crippen LogP contribution < -0.4 is 30.2 Å². The van der Waals surface area contributed by atoms with Gasteiger partial charge in [-0.25, -0.2) is 24.9 Å². The second-order valence-electron chi connectivity index (χ2n) is 27.4. The van der Waals surface area contributed by atoms with Crippen LogP contribution in [0.2, 0.25) is 0 Å². The van der Waals surface area contributed by atoms with E-state index < -0.39 is 0 Å². The van der Waals surface area contributed by atoms with Crippen LogP contribution in [-0.4, -0.2) is 34.1 Å². The number of para-hydroxylation sites is 8. The molecule has 0 fully saturated rings. The van der Waals surface area contributed by atoms with Gasteiger partial charge >= 0.3 is 0 Å². The molecule has 0 aliphatic rings. The first-order valence-corrected chi connectivity index (χ1v) is 40.1. The van der Waals surface area contributed by atoms with Crippen LogP contribution in [-0.2, 0) is 0 Å². The number of hydrogen-bond donors (Lipinski definition) is 2. The number of anilines is 6. The van der Waals surface area contributed by atoms with E-state index in [0.29, 0.717) is 29.1 Å². The molecule has 0 aliphatic heterocycles. The maximum Gasteiger partial charge on any atom is 0.219 e. The number of ether oxygens (including phenoxy) is 3. The van der Waals surface area contributed by atoms with Crippen molar-refractivity contribution in [1.29, 1.82) is 0 Å². The largest absolute Gasteiger partial charge is 0.455 e. The number of nitrogens with zero attached hydrogens (tertiary/aromatic N) is 8. The van der Waals surface area contributed by atoms with Gasteiger partial charge in [-0.05, 0) is 179 Å². The molecule has 0 bridgehead atoms. The van der Waals surface area contributed by atoms with E-state index in [1.54, 1.807) is 43.6 Å². The third kappa shape index (κ3) is 15.8. The summed E-state index contributed by atoms with van der Waals surface area (Å²) in [5.74, 6) is 3.73. The van der Waals surface area contributed by atoms with E-state index in [2.05, 4.69) is 147 Å². The molecule has 0 saturated heterocycles. The van der Waals surface area contributed by atoms with E-state index in [4.69, 9.17) is 42.0 Å². The first-order valence-electron chi connectivity index (χ1n) is 38.0. The van der Waals surface area contributed by atoms with Gasteiger partial charge in [0.2, 0.25) is 17.6 Å². The van der Waals surface area contributed by atoms with Gasteiger partial charge in [-0.2, -0.15) is 0 Å². The Morgan fingerprint density at radius 2 is 0.664 bits per heavy atom. The van der Waals surface area contributed by atoms with E-state index in [1.165, 1.54) is 0 Å². The number of nitrogen functional groups attached to an aromatic ring is 1. The van der Waals surface area contributed by atoms with Crippen molar-refractivity contribution in [1.82, 2.24) is 34.1 Å². The zero-order valence-corrected chi connectivity index (χ0v) is 67.4. The number of pyridine rings is 3. The number of nitrogens with two attached hydrogens (primary N) is 1. The van der Waals surface area contributed by atoms with Gasteiger partial charge in [0.05, 0.1) is 36.9 Å². The molecule has 0 atom stereocenters. The van der Waals surface area contributed by atoms with Crippen molar-refractivity contribution in [2.45, 2.75) is 0 Å². The third-order valence-electron chi connectivity index (χ3n) is 19.7. The Bertz CT molecular complexity index is 7480. The molecule has 23 aromatic rings. The maximum atomic E-state index is 6.64. The number of furan rings is 5. The number of fused-ring (bicyclic) bond motifs is 15. The molecule has 13 aromatic carbocycles. The number of nitrogens with one attached hydrogen (secondary N) is 1. The number of rotatable bonds is 13. The Morgan fingerprint density at radius 1 is 0.311 bits per heavy atom. The lowest BCUT2D eigenvalue weighted by Crippen LogP contribution is -2.11. The predicted molar refractivity (Wildman–Crippen MR) is 490 cm³/mol. The van der Waals surface area contributed by atoms with E-state index in [9.17, 15) is 0 Å². The highest BCUT2D eigenvalue weighted by Gasteiger charge is 2.27. The molecule has 3 N–H and O–H groups in total. The number of imidazole rings is 2. The summed E-state index contributed by atoms with van der Waals surface area (Å²) in [6, 6.07) is 107. The molecule has 18 nitrogen and oxygen atoms in total. The molecular formula is C99H66I2N10O8. The summed E-state index contributed by atoms with van der Waals surface area (Å²) in [5, 5.41) is 13.9. The van der Waals surface area contributed by atoms with Crippen molar-refractivity contribution in [3.63, 3.8) is 0 Å². The standard InChI is InChI=1S/C38H24N4O3.C23H16N2O2.C17H10INO2.C15H9IN2O.C6H7N/c1-2-10-25(11-3-1)42(32-21-26(41-19-18-39-24-41)20-30-28-12-4-6-14-34(28)44-37(30)32)33-23-27(43-36-16-8-9-17-40-36)22-31-29-13-5-7-15-35(29)45-38(31)33;1-2-8-16(9-3-1)25-20-15-17(26-22-12-6-7-13-24-22)14-19-18-10-4-5-11-21(18)27-23(19)20;18-14-10-11(20-16-7-3-4-8-19-16)9-13-12-5-1-2-6-15(12)21-17(13)14;16-13-8-10(18-6-5-17-9-18)7-12-11-3-1-2-4-14(11)19-15(12)13;7-6-4-2-1-3-5-6/h1-24H;1-15,25H;1-10H;1-9H;1-5H,7H2. The normalized spacial score (nSPS) is 11.1. The van der Waals surface area contributed by atoms with E-state index in [0.717, 1.165) is 168 Å². The minimum atomic E-state index is 0.503. The van der Waals surface area contributed by atoms with Gasteiger partial charge in [0.15, 0.2) is 16.7 Å². The van der Waals surface area contributed by atoms with Crippen LogP contribution in [0.25, 0.3) is 121 Å². The van der Waals surface area contributed by atoms with Gasteiger partial charge < -0.3 is 61.4 Å². The lowest BCUT2D eigenvalue weighted by Gasteiger charge is -2.26. The number of halogens is 2. The van der Waals surface area contributed by atoms with Crippen LogP contribution in [0, 0.1) is 7.14 Å². The summed E-state index contributed by atoms with van der Waals surface area (Å²) in [7, 11) is 0. The highest BCUT2D eigenvalue weighted by Crippen LogP contribution is 2.49. The summed E-state index contributed by atoms with van der Waals surface area (Å²) in [6.45, 7) is 0. The smallest absolute Gasteiger partial charge is 0.219 e. The summed E-state index contributed by atoms with van der Waals surface area (Å²) in [5.41, 5.74) is 21.0. The van der Waals surface area contributed by atoms with Crippen molar-refractivity contribution in [2.24, 2.45) is 0 Å². The fourth-order valence-electron chi connectivity index (χ4n) is 14.3. The van der Waals surface area contributed by atoms with Crippen LogP contribution in [0.3, 0.4) is 0 Å². The average Bonchev–Trinajstić information content (AvgIpc) is 1.60. The molecule has 0 saturated carbocycles. The van der Waals surface area contributed by atoms with E-state index >= 15 is 0 Å². The van der Waals surface area contributed by atoms with Gasteiger partial charge in [-0.3, -0.25) is 0 Å². The fraction of sp³-hybridized carbons (Fsp3) is 0. The van der Waals surface area contributed by atoms with Crippen LogP contribution in [0.15, 0.2) is 406 Å². The summed E-state index contributed by atoms with van der Waals surface area (Å²) in [6.07, 6.45) is 16.2. The highest BCUT2D eigenvalue weighted by atomic mass is 127. The summed E-state index contributed by atoms with van der Waals surface area (Å²) >= 11 is 4.58. The van der Waals surface area contributed by atoms with Crippen molar-refractivity contribution in [3.8, 4) is 46.3 Å². The Morgan fingerprint density at radius 3 is 1.10 bits per heavy atom. The topological polar surface area (TPSA) is 209 Å². The Labute approximate surface area is 706 Å². The molecule has 0 unspecified atom stereocenters. The van der Waals surface area contributed by atoms with Gasteiger partial charge in [-0.15, -0.1) is 0 Å². The minimum Gasteiger partial charge on any atom is -0.455 e. The van der Waals surface area contributed by atoms with Crippen molar-refractivity contribution >= 4 is 189 Å². The molecule has 0 spiro atoms. The maximum absolute atomic E-state index is 6.64. The number of benzene rings is 13. The first-order chi connectivity index (χ1) is 58.7. The SMILES string of the molecule is Ic1cc(-n2ccnc2)cc2c1oc1ccccc12.Ic1cc(Oc2ccccn2)cc2c1oc1ccccc12.Nc1ccccc1.c1ccc(N(c2cc(Oc3ccccn3)cc3c2oc2ccccc23)c2cc(-n3ccnc3)cc3c2oc2ccccc23)cc1.c1ccc(Nc2cc(Oc3ccccn3)cc3c2oc2ccccc23)cc1. The molecule has 20 heteroatoms. The summed E-state index contributed by atoms with van der Waals surface area (Å²) in [4.78, 5) is 23.5. The van der Waals surface area contributed by atoms with Gasteiger partial charge in [0.25, 0.3) is 0 Å². The molecule has 119 heavy (non-hydrogen) atoms. The average molecular weight is 1780 g/mol. The minimum absolute atomic E-state index is 0.503. The zero-order valence-electron chi connectivity index (χ0n) is 63.1. The molecule has 0 aliphatic carbocycles. The summed E-state index contributed by atoms with van der Waals surface area (Å²) < 4.78 is 55.6. The monoisotopic (exact) mass is 1780 g/mol. The number of aromatic nitrogens is 7. The zero-order chi connectivity index (χ0) is 80.0. The molecule has 10 heterocycles. The first kappa shape index (κ1) is 74.1. The van der Waals surface area contributed by atoms with E-state index in [1.807, 2.05) is 282 Å². The molecule has 0 amide bonds. The Kier molecular flexibility index (Phi) is 20.8. The molecule has 10 aromatic heterocycles. The quantitative estimate of drug-likeness (QED) is 0.0812. The lowest BCUT2D eigenvalue weighted by atomic mass is 10.1. The van der Waals surface area contributed by atoms with Crippen LogP contribution in [0.4, 0.5) is 34.1 Å².